The summed E-state index contributed by atoms with van der Waals surface area (Å²) in [7, 11) is 2.04. The van der Waals surface area contributed by atoms with Gasteiger partial charge in [0, 0.05) is 25.0 Å². The van der Waals surface area contributed by atoms with E-state index < -0.39 is 0 Å². The van der Waals surface area contributed by atoms with Gasteiger partial charge < -0.3 is 10.2 Å². The smallest absolute Gasteiger partial charge is 0.244 e. The van der Waals surface area contributed by atoms with Gasteiger partial charge in [-0.1, -0.05) is 27.7 Å². The Kier molecular flexibility index (Phi) is 3.08. The van der Waals surface area contributed by atoms with Crippen molar-refractivity contribution in [3.05, 3.63) is 5.82 Å². The van der Waals surface area contributed by atoms with E-state index in [9.17, 15) is 0 Å². The van der Waals surface area contributed by atoms with E-state index in [0.29, 0.717) is 22.8 Å². The van der Waals surface area contributed by atoms with Crippen LogP contribution in [0.15, 0.2) is 0 Å². The van der Waals surface area contributed by atoms with E-state index >= 15 is 0 Å². The molecule has 1 aromatic heterocycles. The van der Waals surface area contributed by atoms with Gasteiger partial charge in [-0.2, -0.15) is 4.98 Å². The molecule has 0 amide bonds. The monoisotopic (exact) mass is 277 g/mol. The van der Waals surface area contributed by atoms with Crippen molar-refractivity contribution in [3.63, 3.8) is 0 Å². The fraction of sp³-hybridized carbons (Fsp3) is 0.867. The summed E-state index contributed by atoms with van der Waals surface area (Å²) in [4.78, 5) is 7.08. The van der Waals surface area contributed by atoms with E-state index in [4.69, 9.17) is 4.98 Å². The van der Waals surface area contributed by atoms with E-state index in [1.165, 1.54) is 12.8 Å². The number of anilines is 1. The first-order chi connectivity index (χ1) is 9.38. The fourth-order valence-electron chi connectivity index (χ4n) is 3.78. The largest absolute Gasteiger partial charge is 0.339 e. The summed E-state index contributed by atoms with van der Waals surface area (Å²) in [5.74, 6) is 2.44. The van der Waals surface area contributed by atoms with Gasteiger partial charge in [-0.25, -0.2) is 0 Å². The first-order valence-corrected chi connectivity index (χ1v) is 7.72. The molecule has 0 spiro atoms. The van der Waals surface area contributed by atoms with Crippen LogP contribution in [0.2, 0.25) is 0 Å². The van der Waals surface area contributed by atoms with Crippen LogP contribution < -0.4 is 10.2 Å². The number of hydrogen-bond donors (Lipinski definition) is 2. The molecular weight excluding hydrogens is 250 g/mol. The van der Waals surface area contributed by atoms with Crippen LogP contribution in [-0.2, 0) is 0 Å². The van der Waals surface area contributed by atoms with E-state index in [1.54, 1.807) is 0 Å². The summed E-state index contributed by atoms with van der Waals surface area (Å²) in [6.45, 7) is 11.4. The maximum atomic E-state index is 4.78. The maximum Gasteiger partial charge on any atom is 0.244 e. The number of piperidine rings is 1. The molecule has 1 aliphatic carbocycles. The van der Waals surface area contributed by atoms with Gasteiger partial charge in [0.2, 0.25) is 5.95 Å². The third kappa shape index (κ3) is 1.94. The minimum absolute atomic E-state index is 0.308. The molecule has 0 atom stereocenters. The highest BCUT2D eigenvalue weighted by Gasteiger charge is 2.66. The number of nitrogens with zero attached hydrogens (tertiary/aromatic N) is 3. The van der Waals surface area contributed by atoms with Crippen molar-refractivity contribution in [2.24, 2.45) is 10.8 Å². The Hall–Kier alpha value is -1.10. The van der Waals surface area contributed by atoms with Crippen molar-refractivity contribution in [1.29, 1.82) is 0 Å². The van der Waals surface area contributed by atoms with Crippen LogP contribution in [0.1, 0.15) is 52.3 Å². The molecule has 1 aliphatic heterocycles. The normalized spacial score (nSPS) is 25.9. The summed E-state index contributed by atoms with van der Waals surface area (Å²) in [6.07, 6.45) is 2.33. The Morgan fingerprint density at radius 3 is 2.25 bits per heavy atom. The summed E-state index contributed by atoms with van der Waals surface area (Å²) >= 11 is 0. The number of aromatic nitrogens is 3. The molecule has 112 valence electrons. The maximum absolute atomic E-state index is 4.78. The lowest BCUT2D eigenvalue weighted by Crippen LogP contribution is -2.41. The van der Waals surface area contributed by atoms with E-state index in [2.05, 4.69) is 48.1 Å². The van der Waals surface area contributed by atoms with Gasteiger partial charge >= 0.3 is 0 Å². The van der Waals surface area contributed by atoms with Crippen LogP contribution in [0.25, 0.3) is 0 Å². The molecule has 1 saturated heterocycles. The molecule has 5 heteroatoms. The number of aromatic amines is 1. The van der Waals surface area contributed by atoms with Crippen LogP contribution in [-0.4, -0.2) is 41.4 Å². The van der Waals surface area contributed by atoms with Gasteiger partial charge in [-0.15, -0.1) is 5.10 Å². The number of hydrogen-bond acceptors (Lipinski definition) is 4. The van der Waals surface area contributed by atoms with Gasteiger partial charge in [-0.3, -0.25) is 5.10 Å². The minimum atomic E-state index is 0.308. The summed E-state index contributed by atoms with van der Waals surface area (Å²) in [5.41, 5.74) is 0.617. The van der Waals surface area contributed by atoms with Crippen LogP contribution in [0.5, 0.6) is 0 Å². The quantitative estimate of drug-likeness (QED) is 0.889. The van der Waals surface area contributed by atoms with Gasteiger partial charge in [0.15, 0.2) is 0 Å². The summed E-state index contributed by atoms with van der Waals surface area (Å²) in [6, 6.07) is 0.644. The van der Waals surface area contributed by atoms with Crippen LogP contribution in [0, 0.1) is 10.8 Å². The Balaban J connectivity index is 1.70. The zero-order valence-corrected chi connectivity index (χ0v) is 13.3. The molecule has 2 aliphatic rings. The lowest BCUT2D eigenvalue weighted by molar-refractivity contribution is 0.439. The third-order valence-corrected chi connectivity index (χ3v) is 5.97. The molecule has 0 bridgehead atoms. The number of nitrogens with one attached hydrogen (secondary N) is 2. The average molecular weight is 277 g/mol. The zero-order chi connectivity index (χ0) is 14.5. The van der Waals surface area contributed by atoms with Crippen LogP contribution in [0.4, 0.5) is 5.95 Å². The Labute approximate surface area is 121 Å². The van der Waals surface area contributed by atoms with E-state index in [0.717, 1.165) is 24.9 Å². The Bertz CT molecular complexity index is 468. The SMILES string of the molecule is CNC1CCN(c2n[nH]c(C3C(C)(C)C3(C)C)n2)CC1. The number of rotatable bonds is 3. The van der Waals surface area contributed by atoms with Crippen molar-refractivity contribution in [1.82, 2.24) is 20.5 Å². The molecule has 3 rings (SSSR count). The first-order valence-electron chi connectivity index (χ1n) is 7.72. The van der Waals surface area contributed by atoms with Crippen molar-refractivity contribution in [2.45, 2.75) is 52.5 Å². The second-order valence-corrected chi connectivity index (χ2v) is 7.45. The topological polar surface area (TPSA) is 56.8 Å². The summed E-state index contributed by atoms with van der Waals surface area (Å²) < 4.78 is 0. The molecular formula is C15H27N5. The predicted octanol–water partition coefficient (Wildman–Crippen LogP) is 2.14. The van der Waals surface area contributed by atoms with Gasteiger partial charge in [0.25, 0.3) is 0 Å². The molecule has 2 heterocycles. The van der Waals surface area contributed by atoms with Crippen LogP contribution >= 0.6 is 0 Å². The van der Waals surface area contributed by atoms with Crippen molar-refractivity contribution < 1.29 is 0 Å². The second kappa shape index (κ2) is 4.45. The molecule has 0 aromatic carbocycles. The number of H-pyrrole nitrogens is 1. The third-order valence-electron chi connectivity index (χ3n) is 5.97. The highest BCUT2D eigenvalue weighted by molar-refractivity contribution is 5.34. The van der Waals surface area contributed by atoms with Gasteiger partial charge in [-0.05, 0) is 30.7 Å². The van der Waals surface area contributed by atoms with E-state index in [1.807, 2.05) is 7.05 Å². The molecule has 1 aromatic rings. The molecule has 20 heavy (non-hydrogen) atoms. The standard InChI is InChI=1S/C15H27N5/c1-14(2)11(15(14,3)4)12-17-13(19-18-12)20-8-6-10(16-5)7-9-20/h10-11,16H,6-9H2,1-5H3,(H,17,18,19). The fourth-order valence-corrected chi connectivity index (χ4v) is 3.78. The van der Waals surface area contributed by atoms with E-state index in [-0.39, 0.29) is 0 Å². The van der Waals surface area contributed by atoms with Crippen molar-refractivity contribution in [3.8, 4) is 0 Å². The molecule has 2 N–H and O–H groups in total. The van der Waals surface area contributed by atoms with Gasteiger partial charge in [0.1, 0.15) is 5.82 Å². The van der Waals surface area contributed by atoms with Crippen LogP contribution in [0.3, 0.4) is 0 Å². The van der Waals surface area contributed by atoms with Gasteiger partial charge in [0.05, 0.1) is 0 Å². The summed E-state index contributed by atoms with van der Waals surface area (Å²) in [5, 5.41) is 11.0. The average Bonchev–Trinajstić information content (AvgIpc) is 2.75. The second-order valence-electron chi connectivity index (χ2n) is 7.45. The van der Waals surface area contributed by atoms with Crippen molar-refractivity contribution >= 4 is 5.95 Å². The molecule has 0 radical (unpaired) electrons. The highest BCUT2D eigenvalue weighted by Crippen LogP contribution is 2.72. The lowest BCUT2D eigenvalue weighted by Gasteiger charge is -2.30. The minimum Gasteiger partial charge on any atom is -0.339 e. The highest BCUT2D eigenvalue weighted by atomic mass is 15.4. The Morgan fingerprint density at radius 2 is 1.75 bits per heavy atom. The Morgan fingerprint density at radius 1 is 1.15 bits per heavy atom. The first kappa shape index (κ1) is 13.9. The molecule has 5 nitrogen and oxygen atoms in total. The van der Waals surface area contributed by atoms with Crippen molar-refractivity contribution in [2.75, 3.05) is 25.0 Å². The molecule has 0 unspecified atom stereocenters. The predicted molar refractivity (Wildman–Crippen MR) is 81.0 cm³/mol. The zero-order valence-electron chi connectivity index (χ0n) is 13.3. The molecule has 1 saturated carbocycles. The molecule has 2 fully saturated rings. The lowest BCUT2D eigenvalue weighted by atomic mass is 10.0.